The monoisotopic (exact) mass is 456 g/mol. The first-order valence-electron chi connectivity index (χ1n) is 9.65. The van der Waals surface area contributed by atoms with Crippen molar-refractivity contribution < 1.29 is 13.6 Å². The van der Waals surface area contributed by atoms with Crippen molar-refractivity contribution in [2.75, 3.05) is 0 Å². The van der Waals surface area contributed by atoms with Crippen molar-refractivity contribution in [2.45, 2.75) is 38.5 Å². The highest BCUT2D eigenvalue weighted by Gasteiger charge is 2.23. The first-order chi connectivity index (χ1) is 14.1. The molecular formula is C23H22BrFN2O2. The second-order valence-corrected chi connectivity index (χ2v) is 8.26. The summed E-state index contributed by atoms with van der Waals surface area (Å²) in [6, 6.07) is 16.6. The molecule has 3 aromatic rings. The molecule has 1 fully saturated rings. The van der Waals surface area contributed by atoms with E-state index in [1.807, 2.05) is 36.4 Å². The third-order valence-corrected chi connectivity index (χ3v) is 5.64. The fourth-order valence-corrected chi connectivity index (χ4v) is 3.67. The first kappa shape index (κ1) is 19.9. The number of nitrogens with one attached hydrogen (secondary N) is 1. The molecule has 6 heteroatoms. The predicted octanol–water partition coefficient (Wildman–Crippen LogP) is 5.28. The second-order valence-electron chi connectivity index (χ2n) is 7.40. The maximum Gasteiger partial charge on any atom is 0.251 e. The van der Waals surface area contributed by atoms with E-state index < -0.39 is 0 Å². The van der Waals surface area contributed by atoms with Crippen molar-refractivity contribution in [3.05, 3.63) is 93.6 Å². The highest BCUT2D eigenvalue weighted by molar-refractivity contribution is 9.10. The zero-order valence-corrected chi connectivity index (χ0v) is 17.5. The number of halogens is 2. The van der Waals surface area contributed by atoms with Crippen LogP contribution in [0.3, 0.4) is 0 Å². The largest absolute Gasteiger partial charge is 0.468 e. The van der Waals surface area contributed by atoms with Crippen LogP contribution in [0.1, 0.15) is 40.1 Å². The van der Waals surface area contributed by atoms with E-state index in [4.69, 9.17) is 4.42 Å². The number of hydrogen-bond acceptors (Lipinski definition) is 3. The maximum absolute atomic E-state index is 13.4. The molecule has 1 N–H and O–H groups in total. The van der Waals surface area contributed by atoms with Gasteiger partial charge in [0.15, 0.2) is 0 Å². The lowest BCUT2D eigenvalue weighted by Gasteiger charge is -2.22. The van der Waals surface area contributed by atoms with Crippen LogP contribution in [0.5, 0.6) is 0 Å². The third kappa shape index (κ3) is 5.55. The normalized spacial score (nSPS) is 13.6. The molecule has 1 aliphatic carbocycles. The van der Waals surface area contributed by atoms with E-state index >= 15 is 0 Å². The SMILES string of the molecule is O=C(NC1CC1)c1ccc(CN(Cc2ccco2)Cc2ccc(F)cc2Br)cc1. The Morgan fingerprint density at radius 1 is 1.10 bits per heavy atom. The van der Waals surface area contributed by atoms with Crippen molar-refractivity contribution in [1.82, 2.24) is 10.2 Å². The molecule has 150 valence electrons. The van der Waals surface area contributed by atoms with Gasteiger partial charge in [-0.25, -0.2) is 4.39 Å². The molecule has 1 aliphatic rings. The molecule has 0 unspecified atom stereocenters. The number of benzene rings is 2. The minimum Gasteiger partial charge on any atom is -0.468 e. The molecule has 1 amide bonds. The van der Waals surface area contributed by atoms with Gasteiger partial charge in [-0.3, -0.25) is 9.69 Å². The van der Waals surface area contributed by atoms with Gasteiger partial charge in [0, 0.05) is 29.2 Å². The number of hydrogen-bond donors (Lipinski definition) is 1. The summed E-state index contributed by atoms with van der Waals surface area (Å²) in [6.45, 7) is 1.93. The first-order valence-corrected chi connectivity index (χ1v) is 10.4. The summed E-state index contributed by atoms with van der Waals surface area (Å²) in [7, 11) is 0. The summed E-state index contributed by atoms with van der Waals surface area (Å²) in [5.74, 6) is 0.587. The Balaban J connectivity index is 1.47. The van der Waals surface area contributed by atoms with E-state index in [2.05, 4.69) is 26.1 Å². The van der Waals surface area contributed by atoms with Gasteiger partial charge in [-0.15, -0.1) is 0 Å². The molecule has 0 aliphatic heterocycles. The molecule has 29 heavy (non-hydrogen) atoms. The number of furan rings is 1. The van der Waals surface area contributed by atoms with Crippen molar-refractivity contribution >= 4 is 21.8 Å². The van der Waals surface area contributed by atoms with E-state index in [0.29, 0.717) is 31.2 Å². The van der Waals surface area contributed by atoms with E-state index in [9.17, 15) is 9.18 Å². The Morgan fingerprint density at radius 2 is 1.90 bits per heavy atom. The highest BCUT2D eigenvalue weighted by Crippen LogP contribution is 2.23. The zero-order chi connectivity index (χ0) is 20.2. The molecule has 2 aromatic carbocycles. The summed E-state index contributed by atoms with van der Waals surface area (Å²) < 4.78 is 19.7. The lowest BCUT2D eigenvalue weighted by molar-refractivity contribution is 0.0951. The summed E-state index contributed by atoms with van der Waals surface area (Å²) in [4.78, 5) is 14.4. The van der Waals surface area contributed by atoms with Crippen LogP contribution in [-0.2, 0) is 19.6 Å². The summed E-state index contributed by atoms with van der Waals surface area (Å²) >= 11 is 3.45. The Bertz CT molecular complexity index is 969. The van der Waals surface area contributed by atoms with Gasteiger partial charge in [0.1, 0.15) is 11.6 Å². The summed E-state index contributed by atoms with van der Waals surface area (Å²) in [5.41, 5.74) is 2.77. The lowest BCUT2D eigenvalue weighted by Crippen LogP contribution is -2.25. The fourth-order valence-electron chi connectivity index (χ4n) is 3.20. The van der Waals surface area contributed by atoms with Crippen LogP contribution >= 0.6 is 15.9 Å². The minimum absolute atomic E-state index is 0.0123. The minimum atomic E-state index is -0.265. The van der Waals surface area contributed by atoms with Gasteiger partial charge in [0.25, 0.3) is 5.91 Å². The molecule has 0 atom stereocenters. The molecule has 0 radical (unpaired) electrons. The second kappa shape index (κ2) is 8.93. The number of carbonyl (C=O) groups is 1. The third-order valence-electron chi connectivity index (χ3n) is 4.90. The lowest BCUT2D eigenvalue weighted by atomic mass is 10.1. The van der Waals surface area contributed by atoms with Crippen LogP contribution in [0.4, 0.5) is 4.39 Å². The molecule has 1 aromatic heterocycles. The van der Waals surface area contributed by atoms with Gasteiger partial charge in [0.2, 0.25) is 0 Å². The van der Waals surface area contributed by atoms with Crippen LogP contribution in [0.2, 0.25) is 0 Å². The molecule has 0 bridgehead atoms. The van der Waals surface area contributed by atoms with E-state index in [0.717, 1.165) is 34.2 Å². The van der Waals surface area contributed by atoms with E-state index in [1.54, 1.807) is 12.3 Å². The fraction of sp³-hybridized carbons (Fsp3) is 0.261. The van der Waals surface area contributed by atoms with Gasteiger partial charge in [-0.1, -0.05) is 34.1 Å². The topological polar surface area (TPSA) is 45.5 Å². The van der Waals surface area contributed by atoms with Crippen LogP contribution < -0.4 is 5.32 Å². The van der Waals surface area contributed by atoms with Gasteiger partial charge < -0.3 is 9.73 Å². The van der Waals surface area contributed by atoms with Crippen LogP contribution in [-0.4, -0.2) is 16.8 Å². The predicted molar refractivity (Wildman–Crippen MR) is 113 cm³/mol. The van der Waals surface area contributed by atoms with Crippen molar-refractivity contribution in [2.24, 2.45) is 0 Å². The maximum atomic E-state index is 13.4. The molecular weight excluding hydrogens is 435 g/mol. The number of carbonyl (C=O) groups excluding carboxylic acids is 1. The average molecular weight is 457 g/mol. The number of amides is 1. The molecule has 0 spiro atoms. The molecule has 4 rings (SSSR count). The van der Waals surface area contributed by atoms with Crippen molar-refractivity contribution in [3.8, 4) is 0 Å². The van der Waals surface area contributed by atoms with Gasteiger partial charge in [-0.05, 0) is 60.4 Å². The number of nitrogens with zero attached hydrogens (tertiary/aromatic N) is 1. The average Bonchev–Trinajstić information content (AvgIpc) is 3.36. The summed E-state index contributed by atoms with van der Waals surface area (Å²) in [5, 5.41) is 3.01. The quantitative estimate of drug-likeness (QED) is 0.501. The summed E-state index contributed by atoms with van der Waals surface area (Å²) in [6.07, 6.45) is 3.81. The van der Waals surface area contributed by atoms with Crippen LogP contribution in [0.15, 0.2) is 69.8 Å². The number of rotatable bonds is 8. The van der Waals surface area contributed by atoms with Crippen molar-refractivity contribution in [1.29, 1.82) is 0 Å². The smallest absolute Gasteiger partial charge is 0.251 e. The Morgan fingerprint density at radius 3 is 2.55 bits per heavy atom. The van der Waals surface area contributed by atoms with Gasteiger partial charge in [0.05, 0.1) is 12.8 Å². The standard InChI is InChI=1S/C23H22BrFN2O2/c24-22-12-19(25)8-7-18(22)14-27(15-21-2-1-11-29-21)13-16-3-5-17(6-4-16)23(28)26-20-9-10-20/h1-8,11-12,20H,9-10,13-15H2,(H,26,28). The molecule has 0 saturated heterocycles. The zero-order valence-electron chi connectivity index (χ0n) is 15.9. The highest BCUT2D eigenvalue weighted by atomic mass is 79.9. The van der Waals surface area contributed by atoms with Crippen molar-refractivity contribution in [3.63, 3.8) is 0 Å². The van der Waals surface area contributed by atoms with Crippen LogP contribution in [0.25, 0.3) is 0 Å². The van der Waals surface area contributed by atoms with Crippen LogP contribution in [0, 0.1) is 5.82 Å². The molecule has 1 heterocycles. The molecule has 1 saturated carbocycles. The van der Waals surface area contributed by atoms with Gasteiger partial charge in [-0.2, -0.15) is 0 Å². The Kier molecular flexibility index (Phi) is 6.11. The Labute approximate surface area is 177 Å². The van der Waals surface area contributed by atoms with E-state index in [-0.39, 0.29) is 11.7 Å². The van der Waals surface area contributed by atoms with E-state index in [1.165, 1.54) is 12.1 Å². The molecule has 4 nitrogen and oxygen atoms in total. The Hall–Kier alpha value is -2.44. The van der Waals surface area contributed by atoms with Gasteiger partial charge >= 0.3 is 0 Å².